The molecule has 19 heavy (non-hydrogen) atoms. The van der Waals surface area contributed by atoms with Crippen molar-refractivity contribution < 1.29 is 9.53 Å². The number of nitrogens with zero attached hydrogens (tertiary/aromatic N) is 2. The third-order valence-electron chi connectivity index (χ3n) is 2.85. The number of aryl methyl sites for hydroxylation is 2. The standard InChI is InChI=1S/C12H15N3O3S/c1-7-8(2)19-12-14-6-9(11(17)15(7)12)10(16)13-4-5-18-3/h6H,4-5H2,1-3H3,(H,13,16). The Labute approximate surface area is 114 Å². The number of rotatable bonds is 4. The molecule has 0 saturated carbocycles. The van der Waals surface area contributed by atoms with Crippen molar-refractivity contribution in [1.29, 1.82) is 0 Å². The molecule has 0 aliphatic heterocycles. The van der Waals surface area contributed by atoms with Crippen molar-refractivity contribution in [2.75, 3.05) is 20.3 Å². The van der Waals surface area contributed by atoms with Crippen LogP contribution in [-0.2, 0) is 4.74 Å². The fourth-order valence-electron chi connectivity index (χ4n) is 1.69. The van der Waals surface area contributed by atoms with Gasteiger partial charge in [-0.1, -0.05) is 0 Å². The highest BCUT2D eigenvalue weighted by atomic mass is 32.1. The Morgan fingerprint density at radius 3 is 2.95 bits per heavy atom. The Morgan fingerprint density at radius 1 is 1.53 bits per heavy atom. The molecule has 0 aliphatic rings. The minimum Gasteiger partial charge on any atom is -0.383 e. The van der Waals surface area contributed by atoms with Gasteiger partial charge in [0.1, 0.15) is 5.56 Å². The Kier molecular flexibility index (Phi) is 3.96. The van der Waals surface area contributed by atoms with Crippen LogP contribution in [0.2, 0.25) is 0 Å². The minimum absolute atomic E-state index is 0.0505. The van der Waals surface area contributed by atoms with Gasteiger partial charge in [0.05, 0.1) is 6.61 Å². The third-order valence-corrected chi connectivity index (χ3v) is 3.93. The molecule has 102 valence electrons. The summed E-state index contributed by atoms with van der Waals surface area (Å²) in [5.74, 6) is -0.424. The number of hydrogen-bond acceptors (Lipinski definition) is 5. The molecule has 0 bridgehead atoms. The smallest absolute Gasteiger partial charge is 0.271 e. The van der Waals surface area contributed by atoms with Crippen LogP contribution in [0.4, 0.5) is 0 Å². The van der Waals surface area contributed by atoms with Crippen LogP contribution in [0.15, 0.2) is 11.0 Å². The van der Waals surface area contributed by atoms with Crippen LogP contribution in [0.1, 0.15) is 20.9 Å². The highest BCUT2D eigenvalue weighted by Gasteiger charge is 2.15. The number of carbonyl (C=O) groups is 1. The molecule has 0 saturated heterocycles. The zero-order valence-corrected chi connectivity index (χ0v) is 11.8. The molecule has 2 heterocycles. The fraction of sp³-hybridized carbons (Fsp3) is 0.417. The molecular weight excluding hydrogens is 266 g/mol. The number of methoxy groups -OCH3 is 1. The number of fused-ring (bicyclic) bond motifs is 1. The molecule has 1 amide bonds. The van der Waals surface area contributed by atoms with Gasteiger partial charge in [-0.15, -0.1) is 11.3 Å². The van der Waals surface area contributed by atoms with Crippen molar-refractivity contribution >= 4 is 22.2 Å². The molecule has 0 fully saturated rings. The minimum atomic E-state index is -0.424. The predicted molar refractivity (Wildman–Crippen MR) is 73.0 cm³/mol. The average molecular weight is 281 g/mol. The lowest BCUT2D eigenvalue weighted by atomic mass is 10.3. The zero-order chi connectivity index (χ0) is 14.0. The maximum atomic E-state index is 12.3. The topological polar surface area (TPSA) is 72.7 Å². The second-order valence-electron chi connectivity index (χ2n) is 4.09. The van der Waals surface area contributed by atoms with Crippen LogP contribution in [0.25, 0.3) is 4.96 Å². The average Bonchev–Trinajstić information content (AvgIpc) is 2.66. The molecule has 2 rings (SSSR count). The summed E-state index contributed by atoms with van der Waals surface area (Å²) >= 11 is 1.43. The first kappa shape index (κ1) is 13.7. The lowest BCUT2D eigenvalue weighted by Crippen LogP contribution is -2.33. The van der Waals surface area contributed by atoms with Crippen LogP contribution >= 0.6 is 11.3 Å². The maximum absolute atomic E-state index is 12.3. The van der Waals surface area contributed by atoms with Gasteiger partial charge in [-0.2, -0.15) is 0 Å². The maximum Gasteiger partial charge on any atom is 0.271 e. The van der Waals surface area contributed by atoms with Crippen LogP contribution in [-0.4, -0.2) is 35.6 Å². The second-order valence-corrected chi connectivity index (χ2v) is 5.27. The van der Waals surface area contributed by atoms with E-state index in [0.29, 0.717) is 18.1 Å². The van der Waals surface area contributed by atoms with E-state index in [9.17, 15) is 9.59 Å². The summed E-state index contributed by atoms with van der Waals surface area (Å²) in [5.41, 5.74) is 0.542. The summed E-state index contributed by atoms with van der Waals surface area (Å²) in [7, 11) is 1.55. The van der Waals surface area contributed by atoms with Gasteiger partial charge in [-0.3, -0.25) is 14.0 Å². The lowest BCUT2D eigenvalue weighted by molar-refractivity contribution is 0.0935. The highest BCUT2D eigenvalue weighted by molar-refractivity contribution is 7.17. The number of thiazole rings is 1. The Morgan fingerprint density at radius 2 is 2.26 bits per heavy atom. The van der Waals surface area contributed by atoms with Gasteiger partial charge in [-0.25, -0.2) is 4.98 Å². The highest BCUT2D eigenvalue weighted by Crippen LogP contribution is 2.18. The van der Waals surface area contributed by atoms with Gasteiger partial charge in [0.2, 0.25) is 0 Å². The van der Waals surface area contributed by atoms with E-state index in [2.05, 4.69) is 10.3 Å². The van der Waals surface area contributed by atoms with Crippen molar-refractivity contribution in [3.63, 3.8) is 0 Å². The van der Waals surface area contributed by atoms with Gasteiger partial charge >= 0.3 is 0 Å². The Balaban J connectivity index is 2.40. The molecule has 2 aromatic rings. The van der Waals surface area contributed by atoms with E-state index in [0.717, 1.165) is 10.6 Å². The summed E-state index contributed by atoms with van der Waals surface area (Å²) in [5, 5.41) is 2.62. The summed E-state index contributed by atoms with van der Waals surface area (Å²) in [6.45, 7) is 4.53. The van der Waals surface area contributed by atoms with E-state index in [4.69, 9.17) is 4.74 Å². The molecule has 0 aliphatic carbocycles. The Hall–Kier alpha value is -1.73. The van der Waals surface area contributed by atoms with Crippen LogP contribution in [0.3, 0.4) is 0 Å². The number of hydrogen-bond donors (Lipinski definition) is 1. The van der Waals surface area contributed by atoms with Crippen molar-refractivity contribution in [2.45, 2.75) is 13.8 Å². The van der Waals surface area contributed by atoms with Crippen molar-refractivity contribution in [1.82, 2.24) is 14.7 Å². The van der Waals surface area contributed by atoms with E-state index in [1.165, 1.54) is 21.9 Å². The van der Waals surface area contributed by atoms with Crippen LogP contribution in [0, 0.1) is 13.8 Å². The van der Waals surface area contributed by atoms with Crippen LogP contribution < -0.4 is 10.9 Å². The first-order valence-electron chi connectivity index (χ1n) is 5.81. The molecule has 7 heteroatoms. The zero-order valence-electron chi connectivity index (χ0n) is 11.0. The van der Waals surface area contributed by atoms with Crippen molar-refractivity contribution in [3.05, 3.63) is 32.7 Å². The normalized spacial score (nSPS) is 10.9. The number of ether oxygens (including phenoxy) is 1. The largest absolute Gasteiger partial charge is 0.383 e. The second kappa shape index (κ2) is 5.50. The summed E-state index contributed by atoms with van der Waals surface area (Å²) < 4.78 is 6.32. The molecule has 0 atom stereocenters. The van der Waals surface area contributed by atoms with Crippen molar-refractivity contribution in [2.24, 2.45) is 0 Å². The molecular formula is C12H15N3O3S. The van der Waals surface area contributed by atoms with E-state index in [-0.39, 0.29) is 11.1 Å². The van der Waals surface area contributed by atoms with Gasteiger partial charge in [-0.05, 0) is 13.8 Å². The van der Waals surface area contributed by atoms with E-state index < -0.39 is 5.91 Å². The van der Waals surface area contributed by atoms with Gasteiger partial charge in [0.25, 0.3) is 11.5 Å². The first-order chi connectivity index (χ1) is 9.06. The van der Waals surface area contributed by atoms with Gasteiger partial charge < -0.3 is 10.1 Å². The van der Waals surface area contributed by atoms with Crippen molar-refractivity contribution in [3.8, 4) is 0 Å². The predicted octanol–water partition coefficient (Wildman–Crippen LogP) is 0.749. The first-order valence-corrected chi connectivity index (χ1v) is 6.62. The van der Waals surface area contributed by atoms with E-state index in [1.807, 2.05) is 13.8 Å². The molecule has 6 nitrogen and oxygen atoms in total. The van der Waals surface area contributed by atoms with E-state index in [1.54, 1.807) is 7.11 Å². The molecule has 1 N–H and O–H groups in total. The number of nitrogens with one attached hydrogen (secondary N) is 1. The quantitative estimate of drug-likeness (QED) is 0.839. The van der Waals surface area contributed by atoms with E-state index >= 15 is 0 Å². The number of carbonyl (C=O) groups excluding carboxylic acids is 1. The van der Waals surface area contributed by atoms with Gasteiger partial charge in [0, 0.05) is 30.4 Å². The molecule has 0 unspecified atom stereocenters. The Bertz CT molecular complexity index is 675. The fourth-order valence-corrected chi connectivity index (χ4v) is 2.62. The summed E-state index contributed by atoms with van der Waals surface area (Å²) in [6.07, 6.45) is 1.33. The molecule has 0 radical (unpaired) electrons. The molecule has 0 spiro atoms. The number of aromatic nitrogens is 2. The summed E-state index contributed by atoms with van der Waals surface area (Å²) in [4.78, 5) is 29.9. The molecule has 0 aromatic carbocycles. The summed E-state index contributed by atoms with van der Waals surface area (Å²) in [6, 6.07) is 0. The number of amides is 1. The van der Waals surface area contributed by atoms with Gasteiger partial charge in [0.15, 0.2) is 4.96 Å². The van der Waals surface area contributed by atoms with Crippen LogP contribution in [0.5, 0.6) is 0 Å². The third kappa shape index (κ3) is 2.52. The SMILES string of the molecule is COCCNC(=O)c1cnc2sc(C)c(C)n2c1=O. The molecule has 2 aromatic heterocycles. The lowest BCUT2D eigenvalue weighted by Gasteiger charge is -2.04. The monoisotopic (exact) mass is 281 g/mol.